The maximum absolute atomic E-state index is 13.2. The molecule has 0 aliphatic heterocycles. The second-order valence-electron chi connectivity index (χ2n) is 16.8. The van der Waals surface area contributed by atoms with E-state index in [4.69, 9.17) is 4.74 Å². The fourth-order valence-corrected chi connectivity index (χ4v) is 6.86. The van der Waals surface area contributed by atoms with Crippen molar-refractivity contribution in [1.29, 1.82) is 0 Å². The highest BCUT2D eigenvalue weighted by atomic mass is 16.5. The molecule has 0 aliphatic carbocycles. The zero-order chi connectivity index (χ0) is 47.4. The second-order valence-corrected chi connectivity index (χ2v) is 16.8. The van der Waals surface area contributed by atoms with E-state index in [0.717, 1.165) is 109 Å². The normalized spacial score (nSPS) is 14.4. The largest absolute Gasteiger partial charge is 0.458 e. The lowest BCUT2D eigenvalue weighted by Gasteiger charge is -2.23. The summed E-state index contributed by atoms with van der Waals surface area (Å²) >= 11 is 0. The van der Waals surface area contributed by atoms with Crippen LogP contribution < -0.4 is 5.32 Å². The Labute approximate surface area is 399 Å². The van der Waals surface area contributed by atoms with Crippen LogP contribution in [-0.2, 0) is 14.3 Å². The molecule has 1 amide bonds. The molecule has 0 heterocycles. The van der Waals surface area contributed by atoms with Crippen molar-refractivity contribution < 1.29 is 24.5 Å². The molecule has 0 aliphatic rings. The topological polar surface area (TPSA) is 95.9 Å². The van der Waals surface area contributed by atoms with Gasteiger partial charge in [-0.15, -0.1) is 0 Å². The van der Waals surface area contributed by atoms with Crippen LogP contribution >= 0.6 is 0 Å². The Kier molecular flexibility index (Phi) is 47.9. The van der Waals surface area contributed by atoms with Crippen LogP contribution in [0.3, 0.4) is 0 Å². The predicted molar refractivity (Wildman–Crippen MR) is 282 cm³/mol. The van der Waals surface area contributed by atoms with E-state index in [-0.39, 0.29) is 24.9 Å². The van der Waals surface area contributed by atoms with Crippen LogP contribution in [0.25, 0.3) is 0 Å². The fourth-order valence-electron chi connectivity index (χ4n) is 6.86. The van der Waals surface area contributed by atoms with E-state index in [0.29, 0.717) is 19.3 Å². The number of aliphatic hydroxyl groups is 2. The summed E-state index contributed by atoms with van der Waals surface area (Å²) in [6, 6.07) is -0.759. The van der Waals surface area contributed by atoms with Crippen LogP contribution in [0.2, 0.25) is 0 Å². The highest BCUT2D eigenvalue weighted by molar-refractivity contribution is 5.78. The smallest absolute Gasteiger partial charge is 0.306 e. The number of nitrogens with one attached hydrogen (secondary N) is 1. The Morgan fingerprint density at radius 3 is 1.29 bits per heavy atom. The molecule has 0 radical (unpaired) electrons. The molecule has 0 bridgehead atoms. The Hall–Kier alpha value is -4.00. The third-order valence-corrected chi connectivity index (χ3v) is 10.7. The summed E-state index contributed by atoms with van der Waals surface area (Å²) in [5.41, 5.74) is 0. The summed E-state index contributed by atoms with van der Waals surface area (Å²) in [6.07, 6.45) is 72.5. The van der Waals surface area contributed by atoms with Gasteiger partial charge in [-0.3, -0.25) is 9.59 Å². The minimum Gasteiger partial charge on any atom is -0.458 e. The first-order valence-electron chi connectivity index (χ1n) is 25.9. The molecular formula is C59H95NO5. The number of rotatable bonds is 44. The Morgan fingerprint density at radius 2 is 0.862 bits per heavy atom. The van der Waals surface area contributed by atoms with Gasteiger partial charge >= 0.3 is 5.97 Å². The number of amides is 1. The van der Waals surface area contributed by atoms with Gasteiger partial charge in [0.25, 0.3) is 0 Å². The van der Waals surface area contributed by atoms with Gasteiger partial charge in [-0.1, -0.05) is 219 Å². The SMILES string of the molecule is CC/C=C\C/C=C\C/C=C\C/C=C\C/C=C\C/C=C\C(CC(=O)NC(CO)C(O)CCCCCCCCCCCC)OC(=O)CCCCC/C=C\C/C=C\C/C=C\C/C=C\C/C=C\CC. The molecule has 0 fully saturated rings. The van der Waals surface area contributed by atoms with Crippen LogP contribution in [0, 0.1) is 0 Å². The number of hydrogen-bond donors (Lipinski definition) is 3. The summed E-state index contributed by atoms with van der Waals surface area (Å²) in [7, 11) is 0. The van der Waals surface area contributed by atoms with E-state index in [2.05, 4.69) is 148 Å². The van der Waals surface area contributed by atoms with E-state index >= 15 is 0 Å². The molecule has 65 heavy (non-hydrogen) atoms. The lowest BCUT2D eigenvalue weighted by Crippen LogP contribution is -2.46. The Balaban J connectivity index is 4.85. The van der Waals surface area contributed by atoms with E-state index in [1.54, 1.807) is 6.08 Å². The molecule has 0 rings (SSSR count). The molecule has 3 atom stereocenters. The zero-order valence-corrected chi connectivity index (χ0v) is 41.6. The van der Waals surface area contributed by atoms with Gasteiger partial charge in [0.15, 0.2) is 0 Å². The quantitative estimate of drug-likeness (QED) is 0.0322. The number of esters is 1. The maximum atomic E-state index is 13.2. The van der Waals surface area contributed by atoms with Crippen LogP contribution in [0.4, 0.5) is 0 Å². The second kappa shape index (κ2) is 51.0. The van der Waals surface area contributed by atoms with Crippen molar-refractivity contribution in [2.75, 3.05) is 6.61 Å². The summed E-state index contributed by atoms with van der Waals surface area (Å²) in [5, 5.41) is 23.6. The molecule has 0 spiro atoms. The van der Waals surface area contributed by atoms with Gasteiger partial charge in [0.1, 0.15) is 6.10 Å². The Morgan fingerprint density at radius 1 is 0.477 bits per heavy atom. The van der Waals surface area contributed by atoms with Crippen molar-refractivity contribution in [3.05, 3.63) is 134 Å². The molecule has 3 N–H and O–H groups in total. The number of allylic oxidation sites excluding steroid dienone is 21. The standard InChI is InChI=1S/C59H95NO5/c1-4-7-10-13-16-19-22-24-26-28-29-31-33-35-37-40-43-46-49-52-59(64)65-55(50-47-44-41-38-36-34-32-30-27-25-23-20-17-14-11-8-5-2)53-58(63)60-56(54-61)57(62)51-48-45-42-39-21-18-15-12-9-6-3/h7-8,10-11,16-17,19-20,24-27,29,31-32,34-35,37-38,41,47,50,55-57,61-62H,4-6,9,12-15,18,21-23,28,30,33,36,39-40,42-46,48-49,51-54H2,1-3H3,(H,60,63)/b10-7-,11-8-,19-16-,20-17-,26-24-,27-25-,31-29-,34-32-,37-35-,41-38-,50-47-. The number of hydrogen-bond acceptors (Lipinski definition) is 5. The van der Waals surface area contributed by atoms with Crippen molar-refractivity contribution >= 4 is 11.9 Å². The molecule has 0 aromatic carbocycles. The predicted octanol–water partition coefficient (Wildman–Crippen LogP) is 15.8. The van der Waals surface area contributed by atoms with E-state index in [9.17, 15) is 19.8 Å². The maximum Gasteiger partial charge on any atom is 0.306 e. The van der Waals surface area contributed by atoms with Crippen LogP contribution in [0.5, 0.6) is 0 Å². The zero-order valence-electron chi connectivity index (χ0n) is 41.6. The van der Waals surface area contributed by atoms with Crippen molar-refractivity contribution in [2.24, 2.45) is 0 Å². The fraction of sp³-hybridized carbons (Fsp3) is 0.593. The van der Waals surface area contributed by atoms with Crippen LogP contribution in [0.1, 0.15) is 201 Å². The highest BCUT2D eigenvalue weighted by Crippen LogP contribution is 2.14. The summed E-state index contributed by atoms with van der Waals surface area (Å²) < 4.78 is 5.81. The van der Waals surface area contributed by atoms with E-state index in [1.165, 1.54) is 44.9 Å². The van der Waals surface area contributed by atoms with Gasteiger partial charge in [-0.2, -0.15) is 0 Å². The molecule has 0 saturated carbocycles. The number of ether oxygens (including phenoxy) is 1. The minimum atomic E-state index is -0.834. The van der Waals surface area contributed by atoms with Gasteiger partial charge in [0, 0.05) is 6.42 Å². The van der Waals surface area contributed by atoms with Gasteiger partial charge in [0.05, 0.1) is 25.2 Å². The number of carbonyl (C=O) groups excluding carboxylic acids is 2. The van der Waals surface area contributed by atoms with Crippen LogP contribution in [0.15, 0.2) is 134 Å². The molecule has 0 aromatic heterocycles. The first-order chi connectivity index (χ1) is 32.0. The first kappa shape index (κ1) is 61.0. The monoisotopic (exact) mass is 898 g/mol. The molecular weight excluding hydrogens is 803 g/mol. The molecule has 6 heteroatoms. The van der Waals surface area contributed by atoms with E-state index < -0.39 is 18.2 Å². The molecule has 366 valence electrons. The molecule has 6 nitrogen and oxygen atoms in total. The average Bonchev–Trinajstić information content (AvgIpc) is 3.30. The van der Waals surface area contributed by atoms with Gasteiger partial charge < -0.3 is 20.3 Å². The van der Waals surface area contributed by atoms with Gasteiger partial charge in [-0.05, 0) is 102 Å². The number of carbonyl (C=O) groups is 2. The van der Waals surface area contributed by atoms with Crippen molar-refractivity contribution in [1.82, 2.24) is 5.32 Å². The molecule has 3 unspecified atom stereocenters. The highest BCUT2D eigenvalue weighted by Gasteiger charge is 2.23. The van der Waals surface area contributed by atoms with Gasteiger partial charge in [0.2, 0.25) is 5.91 Å². The minimum absolute atomic E-state index is 0.0700. The summed E-state index contributed by atoms with van der Waals surface area (Å²) in [5.74, 6) is -0.683. The third kappa shape index (κ3) is 46.3. The van der Waals surface area contributed by atoms with Crippen molar-refractivity contribution in [3.63, 3.8) is 0 Å². The summed E-state index contributed by atoms with van der Waals surface area (Å²) in [4.78, 5) is 26.1. The van der Waals surface area contributed by atoms with Crippen molar-refractivity contribution in [3.8, 4) is 0 Å². The number of unbranched alkanes of at least 4 members (excludes halogenated alkanes) is 12. The lowest BCUT2D eigenvalue weighted by molar-refractivity contribution is -0.148. The lowest BCUT2D eigenvalue weighted by atomic mass is 10.0. The third-order valence-electron chi connectivity index (χ3n) is 10.7. The average molecular weight is 898 g/mol. The van der Waals surface area contributed by atoms with Gasteiger partial charge in [-0.25, -0.2) is 0 Å². The summed E-state index contributed by atoms with van der Waals surface area (Å²) in [6.45, 7) is 6.18. The van der Waals surface area contributed by atoms with E-state index in [1.807, 2.05) is 6.08 Å². The molecule has 0 aromatic rings. The Bertz CT molecular complexity index is 1420. The van der Waals surface area contributed by atoms with Crippen molar-refractivity contribution in [2.45, 2.75) is 219 Å². The van der Waals surface area contributed by atoms with Crippen LogP contribution in [-0.4, -0.2) is 46.9 Å². The molecule has 0 saturated heterocycles. The number of aliphatic hydroxyl groups excluding tert-OH is 2. The first-order valence-corrected chi connectivity index (χ1v) is 25.9.